The summed E-state index contributed by atoms with van der Waals surface area (Å²) in [5, 5.41) is 28.0. The number of nitrogens with two attached hydrogens (primary N) is 1. The van der Waals surface area contributed by atoms with Crippen molar-refractivity contribution in [1.29, 1.82) is 0 Å². The van der Waals surface area contributed by atoms with Gasteiger partial charge in [0.25, 0.3) is 0 Å². The fourth-order valence-corrected chi connectivity index (χ4v) is 4.97. The van der Waals surface area contributed by atoms with Gasteiger partial charge in [-0.1, -0.05) is 32.9 Å². The first-order valence-electron chi connectivity index (χ1n) is 13.4. The fraction of sp³-hybridized carbons (Fsp3) is 0.536. The van der Waals surface area contributed by atoms with E-state index in [9.17, 15) is 15.0 Å². The topological polar surface area (TPSA) is 151 Å². The number of aromatic nitrogens is 3. The van der Waals surface area contributed by atoms with Gasteiger partial charge in [0, 0.05) is 24.5 Å². The number of aliphatic hydroxyl groups is 2. The van der Waals surface area contributed by atoms with Crippen LogP contribution in [0.2, 0.25) is 0 Å². The predicted molar refractivity (Wildman–Crippen MR) is 151 cm³/mol. The molecule has 1 aliphatic rings. The van der Waals surface area contributed by atoms with Crippen molar-refractivity contribution in [2.24, 2.45) is 0 Å². The maximum atomic E-state index is 12.4. The Bertz CT molecular complexity index is 1260. The first-order chi connectivity index (χ1) is 18.5. The number of anilines is 2. The van der Waals surface area contributed by atoms with Gasteiger partial charge < -0.3 is 40.8 Å². The lowest BCUT2D eigenvalue weighted by molar-refractivity contribution is -0.0429. The van der Waals surface area contributed by atoms with Gasteiger partial charge in [0.15, 0.2) is 6.23 Å². The highest BCUT2D eigenvalue weighted by atomic mass is 16.6. The normalized spacial score (nSPS) is 22.4. The number of ether oxygens (including phenoxy) is 1. The minimum absolute atomic E-state index is 0.0580. The van der Waals surface area contributed by atoms with Crippen molar-refractivity contribution >= 4 is 28.6 Å². The van der Waals surface area contributed by atoms with Gasteiger partial charge in [0.2, 0.25) is 0 Å². The molecule has 11 heteroatoms. The fourth-order valence-electron chi connectivity index (χ4n) is 4.97. The summed E-state index contributed by atoms with van der Waals surface area (Å²) in [6, 6.07) is 9.48. The number of hydrogen-bond acceptors (Lipinski definition) is 8. The SMILES string of the molecule is CN(C)C(CCCNC(=O)Nc1ccc(C(C)(C)C)cc1)C[C@H]1O[C@@H](n2ccc3c(N)ncnc32)C(O)[C@@H]1O. The number of carbonyl (C=O) groups excluding carboxylic acids is 1. The Balaban J connectivity index is 1.27. The van der Waals surface area contributed by atoms with Crippen LogP contribution in [0.1, 0.15) is 51.8 Å². The van der Waals surface area contributed by atoms with E-state index in [2.05, 4.69) is 46.3 Å². The highest BCUT2D eigenvalue weighted by molar-refractivity contribution is 5.89. The van der Waals surface area contributed by atoms with Crippen molar-refractivity contribution in [3.63, 3.8) is 0 Å². The number of nitrogens with one attached hydrogen (secondary N) is 2. The maximum absolute atomic E-state index is 12.4. The molecule has 2 unspecified atom stereocenters. The van der Waals surface area contributed by atoms with E-state index in [0.29, 0.717) is 29.8 Å². The van der Waals surface area contributed by atoms with Crippen LogP contribution >= 0.6 is 0 Å². The van der Waals surface area contributed by atoms with Gasteiger partial charge in [0.1, 0.15) is 30.0 Å². The average molecular weight is 540 g/mol. The third-order valence-corrected chi connectivity index (χ3v) is 7.39. The summed E-state index contributed by atoms with van der Waals surface area (Å²) in [6.07, 6.45) is 1.60. The van der Waals surface area contributed by atoms with E-state index in [1.807, 2.05) is 38.4 Å². The van der Waals surface area contributed by atoms with Crippen LogP contribution in [-0.4, -0.2) is 80.7 Å². The number of nitrogens with zero attached hydrogens (tertiary/aromatic N) is 4. The van der Waals surface area contributed by atoms with E-state index in [1.54, 1.807) is 16.8 Å². The molecule has 0 spiro atoms. The Morgan fingerprint density at radius 2 is 1.87 bits per heavy atom. The third kappa shape index (κ3) is 6.67. The molecule has 212 valence electrons. The van der Waals surface area contributed by atoms with Crippen LogP contribution in [0.15, 0.2) is 42.9 Å². The molecule has 0 aliphatic carbocycles. The molecular formula is C28H41N7O4. The molecule has 0 radical (unpaired) electrons. The Kier molecular flexibility index (Phi) is 8.75. The smallest absolute Gasteiger partial charge is 0.319 e. The summed E-state index contributed by atoms with van der Waals surface area (Å²) in [7, 11) is 3.95. The minimum Gasteiger partial charge on any atom is -0.388 e. The monoisotopic (exact) mass is 539 g/mol. The summed E-state index contributed by atoms with van der Waals surface area (Å²) in [5.41, 5.74) is 8.49. The van der Waals surface area contributed by atoms with Crippen LogP contribution in [0, 0.1) is 0 Å². The van der Waals surface area contributed by atoms with Crippen LogP contribution < -0.4 is 16.4 Å². The van der Waals surface area contributed by atoms with Crippen molar-refractivity contribution in [3.8, 4) is 0 Å². The molecule has 39 heavy (non-hydrogen) atoms. The lowest BCUT2D eigenvalue weighted by atomic mass is 9.87. The Labute approximate surface area is 229 Å². The number of nitrogen functional groups attached to an aromatic ring is 1. The zero-order chi connectivity index (χ0) is 28.3. The molecule has 2 amide bonds. The lowest BCUT2D eigenvalue weighted by Gasteiger charge is -2.28. The van der Waals surface area contributed by atoms with Crippen LogP contribution in [0.5, 0.6) is 0 Å². The zero-order valence-corrected chi connectivity index (χ0v) is 23.3. The quantitative estimate of drug-likeness (QED) is 0.261. The van der Waals surface area contributed by atoms with E-state index in [4.69, 9.17) is 10.5 Å². The van der Waals surface area contributed by atoms with Crippen LogP contribution in [0.3, 0.4) is 0 Å². The second-order valence-corrected chi connectivity index (χ2v) is 11.5. The molecule has 0 bridgehead atoms. The number of benzene rings is 1. The van der Waals surface area contributed by atoms with Crippen molar-refractivity contribution in [3.05, 3.63) is 48.4 Å². The van der Waals surface area contributed by atoms with Gasteiger partial charge in [-0.2, -0.15) is 0 Å². The Morgan fingerprint density at radius 1 is 1.15 bits per heavy atom. The predicted octanol–water partition coefficient (Wildman–Crippen LogP) is 2.85. The van der Waals surface area contributed by atoms with E-state index >= 15 is 0 Å². The molecule has 3 heterocycles. The van der Waals surface area contributed by atoms with Crippen molar-refractivity contribution in [2.45, 2.75) is 76.0 Å². The van der Waals surface area contributed by atoms with E-state index in [1.165, 1.54) is 11.9 Å². The molecule has 0 saturated carbocycles. The summed E-state index contributed by atoms with van der Waals surface area (Å²) < 4.78 is 7.84. The molecular weight excluding hydrogens is 498 g/mol. The second kappa shape index (κ2) is 11.9. The summed E-state index contributed by atoms with van der Waals surface area (Å²) >= 11 is 0. The van der Waals surface area contributed by atoms with Gasteiger partial charge in [-0.25, -0.2) is 14.8 Å². The van der Waals surface area contributed by atoms with Gasteiger partial charge in [-0.15, -0.1) is 0 Å². The number of rotatable bonds is 9. The van der Waals surface area contributed by atoms with Gasteiger partial charge in [-0.05, 0) is 62.5 Å². The summed E-state index contributed by atoms with van der Waals surface area (Å²) in [4.78, 5) is 22.7. The first-order valence-corrected chi connectivity index (χ1v) is 13.4. The van der Waals surface area contributed by atoms with Gasteiger partial charge >= 0.3 is 6.03 Å². The molecule has 4 rings (SSSR count). The van der Waals surface area contributed by atoms with Crippen molar-refractivity contribution < 1.29 is 19.7 Å². The standard InChI is InChI=1S/C28H41N7O4/c1-28(2,3)17-8-10-18(11-9-17)33-27(38)30-13-6-7-19(34(4)5)15-21-22(36)23(37)26(39-21)35-14-12-20-24(29)31-16-32-25(20)35/h8-12,14,16,19,21-23,26,36-37H,6-7,13,15H2,1-5H3,(H2,29,31,32)(H2,30,33,38)/t19?,21-,22-,23?,26-/m1/s1. The third-order valence-electron chi connectivity index (χ3n) is 7.39. The van der Waals surface area contributed by atoms with Crippen molar-refractivity contribution in [1.82, 2.24) is 24.8 Å². The largest absolute Gasteiger partial charge is 0.388 e. The number of urea groups is 1. The lowest BCUT2D eigenvalue weighted by Crippen LogP contribution is -2.38. The molecule has 6 N–H and O–H groups in total. The van der Waals surface area contributed by atoms with E-state index in [0.717, 1.165) is 18.5 Å². The molecule has 5 atom stereocenters. The average Bonchev–Trinajstić information content (AvgIpc) is 3.42. The van der Waals surface area contributed by atoms with Crippen molar-refractivity contribution in [2.75, 3.05) is 31.7 Å². The minimum atomic E-state index is -1.12. The Morgan fingerprint density at radius 3 is 2.54 bits per heavy atom. The number of fused-ring (bicyclic) bond motifs is 1. The number of hydrogen-bond donors (Lipinski definition) is 5. The number of amides is 2. The second-order valence-electron chi connectivity index (χ2n) is 11.5. The molecule has 11 nitrogen and oxygen atoms in total. The molecule has 3 aromatic rings. The van der Waals surface area contributed by atoms with E-state index in [-0.39, 0.29) is 17.5 Å². The highest BCUT2D eigenvalue weighted by Gasteiger charge is 2.44. The number of aliphatic hydroxyl groups excluding tert-OH is 2. The number of carbonyl (C=O) groups is 1. The van der Waals surface area contributed by atoms with Gasteiger partial charge in [0.05, 0.1) is 11.5 Å². The summed E-state index contributed by atoms with van der Waals surface area (Å²) in [5.74, 6) is 0.344. The van der Waals surface area contributed by atoms with E-state index < -0.39 is 24.5 Å². The molecule has 1 fully saturated rings. The highest BCUT2D eigenvalue weighted by Crippen LogP contribution is 2.35. The molecule has 1 saturated heterocycles. The summed E-state index contributed by atoms with van der Waals surface area (Å²) in [6.45, 7) is 6.96. The zero-order valence-electron chi connectivity index (χ0n) is 23.3. The van der Waals surface area contributed by atoms with Crippen LogP contribution in [-0.2, 0) is 10.2 Å². The molecule has 1 aromatic carbocycles. The first kappa shape index (κ1) is 28.8. The van der Waals surface area contributed by atoms with Crippen LogP contribution in [0.4, 0.5) is 16.3 Å². The molecule has 1 aliphatic heterocycles. The molecule has 2 aromatic heterocycles. The Hall–Kier alpha value is -3.25. The van der Waals surface area contributed by atoms with Crippen LogP contribution in [0.25, 0.3) is 11.0 Å². The van der Waals surface area contributed by atoms with Gasteiger partial charge in [-0.3, -0.25) is 0 Å². The maximum Gasteiger partial charge on any atom is 0.319 e.